The van der Waals surface area contributed by atoms with E-state index in [0.717, 1.165) is 21.7 Å². The number of ether oxygens (including phenoxy) is 1. The monoisotopic (exact) mass is 262 g/mol. The first-order valence-corrected chi connectivity index (χ1v) is 6.52. The van der Waals surface area contributed by atoms with Gasteiger partial charge in [-0.1, -0.05) is 18.2 Å². The van der Waals surface area contributed by atoms with Gasteiger partial charge < -0.3 is 10.5 Å². The largest absolute Gasteiger partial charge is 0.384 e. The lowest BCUT2D eigenvalue weighted by molar-refractivity contribution is 0.100. The smallest absolute Gasteiger partial charge is 0.249 e. The van der Waals surface area contributed by atoms with Gasteiger partial charge in [0, 0.05) is 18.2 Å². The minimum atomic E-state index is -0.429. The molecule has 1 heterocycles. The van der Waals surface area contributed by atoms with Gasteiger partial charge in [0.05, 0.1) is 22.7 Å². The first kappa shape index (κ1) is 12.9. The second-order valence-electron chi connectivity index (χ2n) is 3.73. The number of carbonyl (C=O) groups excluding carboxylic acids is 1. The number of nitrogens with zero attached hydrogens (tertiary/aromatic N) is 1. The van der Waals surface area contributed by atoms with Gasteiger partial charge in [-0.3, -0.25) is 4.79 Å². The van der Waals surface area contributed by atoms with Crippen molar-refractivity contribution in [3.05, 3.63) is 35.9 Å². The Labute approximate surface area is 110 Å². The molecule has 1 aromatic carbocycles. The number of primary amides is 1. The van der Waals surface area contributed by atoms with E-state index >= 15 is 0 Å². The summed E-state index contributed by atoms with van der Waals surface area (Å²) in [5.74, 6) is 0.363. The van der Waals surface area contributed by atoms with Crippen LogP contribution < -0.4 is 5.73 Å². The van der Waals surface area contributed by atoms with Crippen LogP contribution in [0.15, 0.2) is 35.4 Å². The van der Waals surface area contributed by atoms with Crippen LogP contribution >= 0.6 is 11.8 Å². The highest BCUT2D eigenvalue weighted by Crippen LogP contribution is 2.23. The summed E-state index contributed by atoms with van der Waals surface area (Å²) in [6.45, 7) is 0.644. The van der Waals surface area contributed by atoms with E-state index in [-0.39, 0.29) is 0 Å². The molecule has 2 N–H and O–H groups in total. The molecule has 2 rings (SSSR count). The lowest BCUT2D eigenvalue weighted by Crippen LogP contribution is -2.12. The Balaban J connectivity index is 2.41. The molecular formula is C13H14N2O2S. The molecule has 1 aromatic heterocycles. The van der Waals surface area contributed by atoms with E-state index < -0.39 is 5.91 Å². The van der Waals surface area contributed by atoms with Gasteiger partial charge in [0.2, 0.25) is 5.91 Å². The molecule has 0 aliphatic heterocycles. The van der Waals surface area contributed by atoms with Crippen molar-refractivity contribution in [3.63, 3.8) is 0 Å². The van der Waals surface area contributed by atoms with Crippen LogP contribution in [0.25, 0.3) is 10.9 Å². The average Bonchev–Trinajstić information content (AvgIpc) is 2.38. The van der Waals surface area contributed by atoms with E-state index in [9.17, 15) is 4.79 Å². The number of fused-ring (bicyclic) bond motifs is 1. The predicted molar refractivity (Wildman–Crippen MR) is 72.9 cm³/mol. The molecule has 0 bridgehead atoms. The maximum absolute atomic E-state index is 11.5. The minimum absolute atomic E-state index is 0.429. The Morgan fingerprint density at radius 2 is 2.22 bits per heavy atom. The highest BCUT2D eigenvalue weighted by Gasteiger charge is 2.10. The SMILES string of the molecule is COCCSc1cc(C(N)=O)c2ccccc2n1. The van der Waals surface area contributed by atoms with Crippen molar-refractivity contribution in [3.8, 4) is 0 Å². The molecule has 0 spiro atoms. The molecule has 18 heavy (non-hydrogen) atoms. The molecule has 0 aliphatic carbocycles. The van der Waals surface area contributed by atoms with Gasteiger partial charge in [0.25, 0.3) is 0 Å². The van der Waals surface area contributed by atoms with Crippen molar-refractivity contribution in [2.75, 3.05) is 19.5 Å². The summed E-state index contributed by atoms with van der Waals surface area (Å²) >= 11 is 1.55. The van der Waals surface area contributed by atoms with Crippen molar-refractivity contribution >= 4 is 28.6 Å². The fraction of sp³-hybridized carbons (Fsp3) is 0.231. The van der Waals surface area contributed by atoms with Gasteiger partial charge in [-0.15, -0.1) is 11.8 Å². The van der Waals surface area contributed by atoms with Gasteiger partial charge in [0.15, 0.2) is 0 Å². The topological polar surface area (TPSA) is 65.2 Å². The van der Waals surface area contributed by atoms with Gasteiger partial charge in [-0.2, -0.15) is 0 Å². The summed E-state index contributed by atoms with van der Waals surface area (Å²) in [4.78, 5) is 15.9. The Morgan fingerprint density at radius 3 is 2.94 bits per heavy atom. The molecule has 0 saturated heterocycles. The van der Waals surface area contributed by atoms with E-state index in [4.69, 9.17) is 10.5 Å². The molecule has 0 unspecified atom stereocenters. The number of carbonyl (C=O) groups is 1. The summed E-state index contributed by atoms with van der Waals surface area (Å²) in [6.07, 6.45) is 0. The second-order valence-corrected chi connectivity index (χ2v) is 4.85. The van der Waals surface area contributed by atoms with Crippen LogP contribution in [0.5, 0.6) is 0 Å². The highest BCUT2D eigenvalue weighted by atomic mass is 32.2. The standard InChI is InChI=1S/C13H14N2O2S/c1-17-6-7-18-12-8-10(13(14)16)9-4-2-3-5-11(9)15-12/h2-5,8H,6-7H2,1H3,(H2,14,16). The molecule has 5 heteroatoms. The third-order valence-corrected chi connectivity index (χ3v) is 3.37. The van der Waals surface area contributed by atoms with Gasteiger partial charge >= 0.3 is 0 Å². The van der Waals surface area contributed by atoms with E-state index in [2.05, 4.69) is 4.98 Å². The first-order chi connectivity index (χ1) is 8.72. The Morgan fingerprint density at radius 1 is 1.44 bits per heavy atom. The van der Waals surface area contributed by atoms with Crippen LogP contribution in [0.2, 0.25) is 0 Å². The number of benzene rings is 1. The Hall–Kier alpha value is -1.59. The van der Waals surface area contributed by atoms with Crippen LogP contribution in [0.3, 0.4) is 0 Å². The summed E-state index contributed by atoms with van der Waals surface area (Å²) in [5.41, 5.74) is 6.70. The lowest BCUT2D eigenvalue weighted by atomic mass is 10.1. The minimum Gasteiger partial charge on any atom is -0.384 e. The third-order valence-electron chi connectivity index (χ3n) is 2.50. The maximum Gasteiger partial charge on any atom is 0.249 e. The molecule has 0 aliphatic rings. The number of hydrogen-bond acceptors (Lipinski definition) is 4. The van der Waals surface area contributed by atoms with Gasteiger partial charge in [-0.25, -0.2) is 4.98 Å². The number of amides is 1. The van der Waals surface area contributed by atoms with Gasteiger partial charge in [0.1, 0.15) is 0 Å². The van der Waals surface area contributed by atoms with Crippen LogP contribution in [-0.2, 0) is 4.74 Å². The number of pyridine rings is 1. The van der Waals surface area contributed by atoms with Crippen molar-refractivity contribution in [1.82, 2.24) is 4.98 Å². The van der Waals surface area contributed by atoms with Crippen molar-refractivity contribution < 1.29 is 9.53 Å². The number of methoxy groups -OCH3 is 1. The summed E-state index contributed by atoms with van der Waals surface area (Å²) < 4.78 is 4.99. The number of thioether (sulfide) groups is 1. The fourth-order valence-corrected chi connectivity index (χ4v) is 2.48. The molecule has 0 fully saturated rings. The molecule has 0 saturated carbocycles. The van der Waals surface area contributed by atoms with E-state index in [0.29, 0.717) is 12.2 Å². The van der Waals surface area contributed by atoms with Crippen LogP contribution in [0.4, 0.5) is 0 Å². The van der Waals surface area contributed by atoms with Crippen molar-refractivity contribution in [2.45, 2.75) is 5.03 Å². The molecule has 0 atom stereocenters. The molecule has 0 radical (unpaired) electrons. The molecule has 94 valence electrons. The number of hydrogen-bond donors (Lipinski definition) is 1. The fourth-order valence-electron chi connectivity index (χ4n) is 1.66. The molecule has 1 amide bonds. The van der Waals surface area contributed by atoms with Gasteiger partial charge in [-0.05, 0) is 12.1 Å². The first-order valence-electron chi connectivity index (χ1n) is 5.53. The van der Waals surface area contributed by atoms with Crippen molar-refractivity contribution in [1.29, 1.82) is 0 Å². The van der Waals surface area contributed by atoms with Crippen LogP contribution in [0, 0.1) is 0 Å². The van der Waals surface area contributed by atoms with E-state index in [1.165, 1.54) is 0 Å². The van der Waals surface area contributed by atoms with Crippen LogP contribution in [0.1, 0.15) is 10.4 Å². The Kier molecular flexibility index (Phi) is 4.17. The second kappa shape index (κ2) is 5.84. The Bertz CT molecular complexity index is 572. The molecule has 2 aromatic rings. The molecule has 4 nitrogen and oxygen atoms in total. The zero-order valence-electron chi connectivity index (χ0n) is 10.1. The number of rotatable bonds is 5. The zero-order chi connectivity index (χ0) is 13.0. The normalized spacial score (nSPS) is 10.7. The zero-order valence-corrected chi connectivity index (χ0v) is 10.9. The summed E-state index contributed by atoms with van der Waals surface area (Å²) in [5, 5.41) is 1.58. The van der Waals surface area contributed by atoms with Crippen molar-refractivity contribution in [2.24, 2.45) is 5.73 Å². The summed E-state index contributed by atoms with van der Waals surface area (Å²) in [7, 11) is 1.66. The maximum atomic E-state index is 11.5. The average molecular weight is 262 g/mol. The third kappa shape index (κ3) is 2.80. The molecular weight excluding hydrogens is 248 g/mol. The van der Waals surface area contributed by atoms with E-state index in [1.54, 1.807) is 24.9 Å². The number of aromatic nitrogens is 1. The van der Waals surface area contributed by atoms with E-state index in [1.807, 2.05) is 24.3 Å². The summed E-state index contributed by atoms with van der Waals surface area (Å²) in [6, 6.07) is 9.23. The predicted octanol–water partition coefficient (Wildman–Crippen LogP) is 2.07. The number of nitrogens with two attached hydrogens (primary N) is 1. The quantitative estimate of drug-likeness (QED) is 0.661. The lowest BCUT2D eigenvalue weighted by Gasteiger charge is -2.06. The number of para-hydroxylation sites is 1. The van der Waals surface area contributed by atoms with Crippen LogP contribution in [-0.4, -0.2) is 30.4 Å². The highest BCUT2D eigenvalue weighted by molar-refractivity contribution is 7.99.